The van der Waals surface area contributed by atoms with Crippen molar-refractivity contribution in [2.75, 3.05) is 5.33 Å². The number of benzene rings is 1. The van der Waals surface area contributed by atoms with E-state index < -0.39 is 0 Å². The molecule has 1 amide bonds. The number of carbonyl (C=O) groups excluding carboxylic acids is 1. The molecule has 3 heteroatoms. The summed E-state index contributed by atoms with van der Waals surface area (Å²) in [6.45, 7) is 4.31. The molecular weight excluding hydrogens is 290 g/mol. The molecule has 0 bridgehead atoms. The molecule has 1 aliphatic rings. The Hall–Kier alpha value is -0.830. The van der Waals surface area contributed by atoms with E-state index in [9.17, 15) is 4.79 Å². The number of halogens is 1. The van der Waals surface area contributed by atoms with Gasteiger partial charge in [0.1, 0.15) is 0 Å². The van der Waals surface area contributed by atoms with Crippen molar-refractivity contribution in [2.24, 2.45) is 0 Å². The van der Waals surface area contributed by atoms with Crippen molar-refractivity contribution in [1.29, 1.82) is 0 Å². The Balaban J connectivity index is 2.05. The number of hydrogen-bond donors (Lipinski definition) is 1. The van der Waals surface area contributed by atoms with Gasteiger partial charge in [0.2, 0.25) is 0 Å². The summed E-state index contributed by atoms with van der Waals surface area (Å²) in [6.07, 6.45) is 3.36. The zero-order valence-corrected chi connectivity index (χ0v) is 12.6. The van der Waals surface area contributed by atoms with Gasteiger partial charge in [0, 0.05) is 10.9 Å². The average Bonchev–Trinajstić information content (AvgIpc) is 2.33. The van der Waals surface area contributed by atoms with Crippen molar-refractivity contribution < 1.29 is 4.79 Å². The fourth-order valence-electron chi connectivity index (χ4n) is 2.23. The highest BCUT2D eigenvalue weighted by molar-refractivity contribution is 9.09. The van der Waals surface area contributed by atoms with Gasteiger partial charge in [0.05, 0.1) is 5.54 Å². The summed E-state index contributed by atoms with van der Waals surface area (Å²) in [5.41, 5.74) is 2.02. The van der Waals surface area contributed by atoms with E-state index in [0.29, 0.717) is 5.92 Å². The molecule has 98 valence electrons. The molecule has 18 heavy (non-hydrogen) atoms. The Bertz CT molecular complexity index is 415. The molecular formula is C15H20BrNO. The molecule has 0 heterocycles. The third-order valence-corrected chi connectivity index (χ3v) is 4.86. The second-order valence-corrected chi connectivity index (χ2v) is 6.06. The topological polar surface area (TPSA) is 29.1 Å². The SMILES string of the molecule is CC(C)c1ccc(C(=O)NC2(CBr)CCC2)cc1. The van der Waals surface area contributed by atoms with Crippen LogP contribution in [-0.2, 0) is 0 Å². The lowest BCUT2D eigenvalue weighted by molar-refractivity contribution is 0.0856. The minimum absolute atomic E-state index is 0.00615. The molecule has 0 radical (unpaired) electrons. The number of carbonyl (C=O) groups is 1. The van der Waals surface area contributed by atoms with Crippen LogP contribution in [0, 0.1) is 0 Å². The molecule has 1 fully saturated rings. The molecule has 1 aromatic carbocycles. The van der Waals surface area contributed by atoms with Crippen molar-refractivity contribution in [2.45, 2.75) is 44.6 Å². The first kappa shape index (κ1) is 13.6. The minimum Gasteiger partial charge on any atom is -0.346 e. The third-order valence-electron chi connectivity index (χ3n) is 3.78. The van der Waals surface area contributed by atoms with Gasteiger partial charge in [-0.3, -0.25) is 4.79 Å². The molecule has 2 rings (SSSR count). The first-order valence-electron chi connectivity index (χ1n) is 6.55. The summed E-state index contributed by atoms with van der Waals surface area (Å²) in [5, 5.41) is 4.00. The fourth-order valence-corrected chi connectivity index (χ4v) is 2.93. The lowest BCUT2D eigenvalue weighted by Crippen LogP contribution is -2.54. The lowest BCUT2D eigenvalue weighted by atomic mass is 9.78. The van der Waals surface area contributed by atoms with Crippen molar-refractivity contribution in [3.8, 4) is 0 Å². The third kappa shape index (κ3) is 2.77. The molecule has 0 aromatic heterocycles. The Labute approximate surface area is 117 Å². The quantitative estimate of drug-likeness (QED) is 0.841. The summed E-state index contributed by atoms with van der Waals surface area (Å²) in [4.78, 5) is 12.2. The van der Waals surface area contributed by atoms with Crippen LogP contribution in [0.3, 0.4) is 0 Å². The van der Waals surface area contributed by atoms with Crippen molar-refractivity contribution in [3.05, 3.63) is 35.4 Å². The van der Waals surface area contributed by atoms with Crippen molar-refractivity contribution in [3.63, 3.8) is 0 Å². The zero-order chi connectivity index (χ0) is 13.2. The van der Waals surface area contributed by atoms with E-state index in [0.717, 1.165) is 23.7 Å². The highest BCUT2D eigenvalue weighted by Gasteiger charge is 2.37. The number of nitrogens with one attached hydrogen (secondary N) is 1. The van der Waals surface area contributed by atoms with Gasteiger partial charge in [-0.15, -0.1) is 0 Å². The summed E-state index contributed by atoms with van der Waals surface area (Å²) >= 11 is 3.50. The van der Waals surface area contributed by atoms with Crippen molar-refractivity contribution >= 4 is 21.8 Å². The summed E-state index contributed by atoms with van der Waals surface area (Å²) < 4.78 is 0. The van der Waals surface area contributed by atoms with Gasteiger partial charge in [-0.1, -0.05) is 41.9 Å². The normalized spacial score (nSPS) is 17.3. The Morgan fingerprint density at radius 2 is 1.94 bits per heavy atom. The Kier molecular flexibility index (Phi) is 4.10. The average molecular weight is 310 g/mol. The van der Waals surface area contributed by atoms with Gasteiger partial charge >= 0.3 is 0 Å². The summed E-state index contributed by atoms with van der Waals surface area (Å²) in [7, 11) is 0. The van der Waals surface area contributed by atoms with Crippen LogP contribution in [0.1, 0.15) is 54.9 Å². The zero-order valence-electron chi connectivity index (χ0n) is 11.0. The molecule has 0 unspecified atom stereocenters. The van der Waals surface area contributed by atoms with E-state index in [2.05, 4.69) is 35.1 Å². The number of amides is 1. The molecule has 2 nitrogen and oxygen atoms in total. The molecule has 1 N–H and O–H groups in total. The van der Waals surface area contributed by atoms with Gasteiger partial charge in [0.25, 0.3) is 5.91 Å². The highest BCUT2D eigenvalue weighted by Crippen LogP contribution is 2.33. The van der Waals surface area contributed by atoms with E-state index in [1.54, 1.807) is 0 Å². The first-order valence-corrected chi connectivity index (χ1v) is 7.67. The van der Waals surface area contributed by atoms with Crippen LogP contribution in [0.4, 0.5) is 0 Å². The number of alkyl halides is 1. The second kappa shape index (κ2) is 5.43. The van der Waals surface area contributed by atoms with Crippen molar-refractivity contribution in [1.82, 2.24) is 5.32 Å². The number of rotatable bonds is 4. The molecule has 1 saturated carbocycles. The van der Waals surface area contributed by atoms with Gasteiger partial charge in [-0.25, -0.2) is 0 Å². The van der Waals surface area contributed by atoms with E-state index in [1.165, 1.54) is 12.0 Å². The van der Waals surface area contributed by atoms with Crippen LogP contribution in [0.25, 0.3) is 0 Å². The lowest BCUT2D eigenvalue weighted by Gasteiger charge is -2.41. The summed E-state index contributed by atoms with van der Waals surface area (Å²) in [6, 6.07) is 7.93. The van der Waals surface area contributed by atoms with Crippen LogP contribution in [0.5, 0.6) is 0 Å². The van der Waals surface area contributed by atoms with Gasteiger partial charge in [0.15, 0.2) is 0 Å². The Morgan fingerprint density at radius 3 is 2.33 bits per heavy atom. The van der Waals surface area contributed by atoms with Crippen LogP contribution in [-0.4, -0.2) is 16.8 Å². The minimum atomic E-state index is -0.00615. The van der Waals surface area contributed by atoms with E-state index >= 15 is 0 Å². The molecule has 0 spiro atoms. The molecule has 0 saturated heterocycles. The fraction of sp³-hybridized carbons (Fsp3) is 0.533. The van der Waals surface area contributed by atoms with Crippen LogP contribution in [0.2, 0.25) is 0 Å². The summed E-state index contributed by atoms with van der Waals surface area (Å²) in [5.74, 6) is 0.548. The maximum Gasteiger partial charge on any atom is 0.251 e. The first-order chi connectivity index (χ1) is 8.56. The predicted molar refractivity (Wildman–Crippen MR) is 78.4 cm³/mol. The molecule has 0 atom stereocenters. The standard InChI is InChI=1S/C15H20BrNO/c1-11(2)12-4-6-13(7-5-12)14(18)17-15(10-16)8-3-9-15/h4-7,11H,3,8-10H2,1-2H3,(H,17,18). The maximum atomic E-state index is 12.2. The van der Waals surface area contributed by atoms with Crippen LogP contribution < -0.4 is 5.32 Å². The number of hydrogen-bond acceptors (Lipinski definition) is 1. The largest absolute Gasteiger partial charge is 0.346 e. The van der Waals surface area contributed by atoms with Gasteiger partial charge in [-0.05, 0) is 42.9 Å². The molecule has 0 aliphatic heterocycles. The van der Waals surface area contributed by atoms with E-state index in [4.69, 9.17) is 0 Å². The molecule has 1 aromatic rings. The highest BCUT2D eigenvalue weighted by atomic mass is 79.9. The van der Waals surface area contributed by atoms with E-state index in [1.807, 2.05) is 24.3 Å². The van der Waals surface area contributed by atoms with Gasteiger partial charge < -0.3 is 5.32 Å². The van der Waals surface area contributed by atoms with E-state index in [-0.39, 0.29) is 11.4 Å². The predicted octanol–water partition coefficient (Wildman–Crippen LogP) is 3.86. The van der Waals surface area contributed by atoms with Crippen LogP contribution >= 0.6 is 15.9 Å². The van der Waals surface area contributed by atoms with Gasteiger partial charge in [-0.2, -0.15) is 0 Å². The monoisotopic (exact) mass is 309 g/mol. The smallest absolute Gasteiger partial charge is 0.251 e. The maximum absolute atomic E-state index is 12.2. The molecule has 1 aliphatic carbocycles. The second-order valence-electron chi connectivity index (χ2n) is 5.50. The Morgan fingerprint density at radius 1 is 1.33 bits per heavy atom. The van der Waals surface area contributed by atoms with Crippen LogP contribution in [0.15, 0.2) is 24.3 Å².